The summed E-state index contributed by atoms with van der Waals surface area (Å²) in [7, 11) is 1.96. The average Bonchev–Trinajstić information content (AvgIpc) is 3.83. The molecular weight excluding hydrogens is 504 g/mol. The van der Waals surface area contributed by atoms with Gasteiger partial charge in [-0.1, -0.05) is 42.0 Å². The minimum Gasteiger partial charge on any atom is -0.377 e. The molecule has 3 aliphatic carbocycles. The summed E-state index contributed by atoms with van der Waals surface area (Å²) in [6.07, 6.45) is 15.0. The van der Waals surface area contributed by atoms with Gasteiger partial charge in [-0.3, -0.25) is 14.4 Å². The van der Waals surface area contributed by atoms with Crippen LogP contribution in [0.1, 0.15) is 43.7 Å². The fourth-order valence-electron chi connectivity index (χ4n) is 6.19. The molecule has 0 bridgehead atoms. The average molecular weight is 541 g/mol. The van der Waals surface area contributed by atoms with E-state index in [0.717, 1.165) is 55.4 Å². The molecule has 1 fully saturated rings. The Labute approximate surface area is 233 Å². The predicted octanol–water partition coefficient (Wildman–Crippen LogP) is 2.81. The number of hydrogen-bond donors (Lipinski definition) is 5. The maximum absolute atomic E-state index is 13.1. The molecular formula is C31H36N6O3. The van der Waals surface area contributed by atoms with Gasteiger partial charge in [0.25, 0.3) is 11.5 Å². The summed E-state index contributed by atoms with van der Waals surface area (Å²) >= 11 is 0. The third-order valence-electron chi connectivity index (χ3n) is 8.38. The second-order valence-corrected chi connectivity index (χ2v) is 11.2. The standard InChI is InChI=1S/C31H36N6O3/c1-32-17-18-8-10-19(11-9-18)27-25(28-26-23(31(40)37-36-28)6-3-7-24(26)35-27)21-4-2-5-22(16-21)30(39)34-15-14-33-29(38)20-12-13-20/h2-3,5-8,10,16,20-21,25,27,32,35H,4,9,11-15,17H2,1H3,(H,33,38)(H,34,39)(H,37,40). The zero-order chi connectivity index (χ0) is 27.6. The second kappa shape index (κ2) is 11.3. The highest BCUT2D eigenvalue weighted by molar-refractivity contribution is 5.98. The monoisotopic (exact) mass is 540 g/mol. The van der Waals surface area contributed by atoms with Gasteiger partial charge in [0.05, 0.1) is 17.1 Å². The number of likely N-dealkylation sites (N-methyl/N-ethyl adjacent to an activating group) is 1. The van der Waals surface area contributed by atoms with Crippen molar-refractivity contribution >= 4 is 28.3 Å². The maximum Gasteiger partial charge on any atom is 0.272 e. The van der Waals surface area contributed by atoms with Crippen molar-refractivity contribution in [2.24, 2.45) is 11.8 Å². The summed E-state index contributed by atoms with van der Waals surface area (Å²) in [5, 5.41) is 21.7. The highest BCUT2D eigenvalue weighted by Gasteiger charge is 2.39. The van der Waals surface area contributed by atoms with Crippen LogP contribution in [0.2, 0.25) is 0 Å². The second-order valence-electron chi connectivity index (χ2n) is 11.2. The summed E-state index contributed by atoms with van der Waals surface area (Å²) in [6, 6.07) is 5.73. The van der Waals surface area contributed by atoms with Gasteiger partial charge in [-0.05, 0) is 62.8 Å². The Hall–Kier alpha value is -3.98. The first kappa shape index (κ1) is 26.3. The van der Waals surface area contributed by atoms with Crippen molar-refractivity contribution in [1.29, 1.82) is 0 Å². The van der Waals surface area contributed by atoms with E-state index in [1.807, 2.05) is 31.3 Å². The van der Waals surface area contributed by atoms with Crippen molar-refractivity contribution in [3.63, 3.8) is 0 Å². The molecule has 0 radical (unpaired) electrons. The first-order valence-corrected chi connectivity index (χ1v) is 14.3. The zero-order valence-corrected chi connectivity index (χ0v) is 22.8. The van der Waals surface area contributed by atoms with Crippen LogP contribution in [0.5, 0.6) is 0 Å². The molecule has 0 saturated heterocycles. The first-order valence-electron chi connectivity index (χ1n) is 14.3. The number of carbonyl (C=O) groups is 2. The van der Waals surface area contributed by atoms with Crippen LogP contribution in [0, 0.1) is 11.8 Å². The molecule has 1 saturated carbocycles. The van der Waals surface area contributed by atoms with Crippen molar-refractivity contribution in [3.8, 4) is 0 Å². The summed E-state index contributed by atoms with van der Waals surface area (Å²) < 4.78 is 0. The number of anilines is 1. The van der Waals surface area contributed by atoms with Crippen LogP contribution in [0.3, 0.4) is 0 Å². The van der Waals surface area contributed by atoms with E-state index in [2.05, 4.69) is 55.8 Å². The highest BCUT2D eigenvalue weighted by atomic mass is 16.2. The number of H-pyrrole nitrogens is 1. The van der Waals surface area contributed by atoms with Gasteiger partial charge in [0, 0.05) is 48.1 Å². The van der Waals surface area contributed by atoms with Crippen LogP contribution in [0.4, 0.5) is 5.69 Å². The number of nitrogens with one attached hydrogen (secondary N) is 5. The third kappa shape index (κ3) is 5.25. The lowest BCUT2D eigenvalue weighted by Crippen LogP contribution is -2.39. The number of rotatable bonds is 9. The van der Waals surface area contributed by atoms with Gasteiger partial charge in [-0.2, -0.15) is 5.10 Å². The van der Waals surface area contributed by atoms with E-state index in [1.54, 1.807) is 0 Å². The molecule has 5 N–H and O–H groups in total. The minimum absolute atomic E-state index is 0.00337. The van der Waals surface area contributed by atoms with E-state index in [4.69, 9.17) is 0 Å². The lowest BCUT2D eigenvalue weighted by Gasteiger charge is -2.40. The van der Waals surface area contributed by atoms with Crippen molar-refractivity contribution in [1.82, 2.24) is 26.1 Å². The van der Waals surface area contributed by atoms with Crippen LogP contribution < -0.4 is 26.8 Å². The smallest absolute Gasteiger partial charge is 0.272 e. The zero-order valence-electron chi connectivity index (χ0n) is 22.8. The van der Waals surface area contributed by atoms with Gasteiger partial charge >= 0.3 is 0 Å². The van der Waals surface area contributed by atoms with Gasteiger partial charge in [0.15, 0.2) is 0 Å². The van der Waals surface area contributed by atoms with E-state index in [-0.39, 0.29) is 41.2 Å². The Morgan fingerprint density at radius 1 is 1.10 bits per heavy atom. The summed E-state index contributed by atoms with van der Waals surface area (Å²) in [5.41, 5.74) is 4.84. The molecule has 6 rings (SSSR count). The molecule has 1 aliphatic heterocycles. The molecule has 9 heteroatoms. The van der Waals surface area contributed by atoms with Gasteiger partial charge in [0.2, 0.25) is 5.91 Å². The van der Waals surface area contributed by atoms with Crippen LogP contribution in [-0.2, 0) is 9.59 Å². The van der Waals surface area contributed by atoms with E-state index >= 15 is 0 Å². The fraction of sp³-hybridized carbons (Fsp3) is 0.419. The van der Waals surface area contributed by atoms with Crippen molar-refractivity contribution < 1.29 is 9.59 Å². The van der Waals surface area contributed by atoms with E-state index in [0.29, 0.717) is 24.0 Å². The Balaban J connectivity index is 1.29. The summed E-state index contributed by atoms with van der Waals surface area (Å²) in [6.45, 7) is 1.67. The molecule has 3 atom stereocenters. The molecule has 2 aromatic rings. The number of aromatic amines is 1. The number of nitrogens with zero attached hydrogens (tertiary/aromatic N) is 1. The minimum atomic E-state index is -0.205. The maximum atomic E-state index is 13.1. The largest absolute Gasteiger partial charge is 0.377 e. The van der Waals surface area contributed by atoms with Gasteiger partial charge < -0.3 is 21.3 Å². The molecule has 1 aromatic carbocycles. The highest BCUT2D eigenvalue weighted by Crippen LogP contribution is 2.46. The molecule has 1 aromatic heterocycles. The van der Waals surface area contributed by atoms with Gasteiger partial charge in [-0.15, -0.1) is 0 Å². The van der Waals surface area contributed by atoms with Crippen LogP contribution in [0.15, 0.2) is 70.1 Å². The lowest BCUT2D eigenvalue weighted by atomic mass is 9.72. The van der Waals surface area contributed by atoms with Crippen LogP contribution in [0.25, 0.3) is 10.8 Å². The number of carbonyl (C=O) groups excluding carboxylic acids is 2. The lowest BCUT2D eigenvalue weighted by molar-refractivity contribution is -0.122. The molecule has 208 valence electrons. The molecule has 4 aliphatic rings. The Bertz CT molecular complexity index is 1510. The number of amides is 2. The quantitative estimate of drug-likeness (QED) is 0.311. The predicted molar refractivity (Wildman–Crippen MR) is 156 cm³/mol. The number of aromatic nitrogens is 2. The number of allylic oxidation sites excluding steroid dienone is 4. The first-order chi connectivity index (χ1) is 19.5. The Morgan fingerprint density at radius 3 is 2.73 bits per heavy atom. The SMILES string of the molecule is CNCC1=CC=C(C2Nc3cccc4c(=O)[nH]nc(c34)C2C2C=C(C(=O)NCCNC(=O)C3CC3)C=CC2)CC1. The van der Waals surface area contributed by atoms with Gasteiger partial charge in [0.1, 0.15) is 0 Å². The van der Waals surface area contributed by atoms with E-state index in [9.17, 15) is 14.4 Å². The summed E-state index contributed by atoms with van der Waals surface area (Å²) in [5.74, 6) is -0.00713. The normalized spacial score (nSPS) is 23.5. The molecule has 40 heavy (non-hydrogen) atoms. The molecule has 9 nitrogen and oxygen atoms in total. The molecule has 0 spiro atoms. The van der Waals surface area contributed by atoms with Gasteiger partial charge in [-0.25, -0.2) is 5.10 Å². The molecule has 2 amide bonds. The topological polar surface area (TPSA) is 128 Å². The third-order valence-corrected chi connectivity index (χ3v) is 8.38. The molecule has 3 unspecified atom stereocenters. The summed E-state index contributed by atoms with van der Waals surface area (Å²) in [4.78, 5) is 37.6. The van der Waals surface area contributed by atoms with E-state index < -0.39 is 0 Å². The van der Waals surface area contributed by atoms with Crippen molar-refractivity contribution in [2.45, 2.75) is 44.1 Å². The number of benzene rings is 1. The van der Waals surface area contributed by atoms with Crippen molar-refractivity contribution in [3.05, 3.63) is 81.3 Å². The number of hydrogen-bond acceptors (Lipinski definition) is 6. The van der Waals surface area contributed by atoms with Crippen molar-refractivity contribution in [2.75, 3.05) is 32.0 Å². The fourth-order valence-corrected chi connectivity index (χ4v) is 6.19. The molecule has 2 heterocycles. The van der Waals surface area contributed by atoms with Crippen LogP contribution in [-0.4, -0.2) is 54.7 Å². The van der Waals surface area contributed by atoms with E-state index in [1.165, 1.54) is 11.1 Å². The van der Waals surface area contributed by atoms with Crippen LogP contribution >= 0.6 is 0 Å². The Kier molecular flexibility index (Phi) is 7.38. The Morgan fingerprint density at radius 2 is 1.95 bits per heavy atom.